The monoisotopic (exact) mass is 450 g/mol. The third kappa shape index (κ3) is 4.71. The van der Waals surface area contributed by atoms with Gasteiger partial charge in [-0.25, -0.2) is 0 Å². The highest BCUT2D eigenvalue weighted by Gasteiger charge is 2.29. The van der Waals surface area contributed by atoms with Crippen molar-refractivity contribution in [1.29, 1.82) is 0 Å². The van der Waals surface area contributed by atoms with Crippen LogP contribution in [0.3, 0.4) is 0 Å². The van der Waals surface area contributed by atoms with Crippen LogP contribution < -0.4 is 9.47 Å². The first kappa shape index (κ1) is 22.8. The van der Waals surface area contributed by atoms with Crippen LogP contribution in [0.15, 0.2) is 40.9 Å². The van der Waals surface area contributed by atoms with Crippen LogP contribution in [-0.4, -0.2) is 66.2 Å². The van der Waals surface area contributed by atoms with Crippen molar-refractivity contribution in [1.82, 2.24) is 19.9 Å². The number of piperazine rings is 1. The molecule has 2 aromatic carbocycles. The molecule has 4 rings (SSSR count). The number of carbonyl (C=O) groups excluding carboxylic acids is 1. The number of nitrogens with zero attached hydrogens (tertiary/aromatic N) is 4. The lowest BCUT2D eigenvalue weighted by Crippen LogP contribution is -2.49. The fourth-order valence-electron chi connectivity index (χ4n) is 4.09. The van der Waals surface area contributed by atoms with E-state index >= 15 is 0 Å². The van der Waals surface area contributed by atoms with E-state index in [9.17, 15) is 4.79 Å². The summed E-state index contributed by atoms with van der Waals surface area (Å²) in [6, 6.07) is 11.6. The molecule has 0 spiro atoms. The van der Waals surface area contributed by atoms with Gasteiger partial charge in [0.05, 0.1) is 20.3 Å². The van der Waals surface area contributed by atoms with Crippen LogP contribution in [0.4, 0.5) is 0 Å². The van der Waals surface area contributed by atoms with Crippen molar-refractivity contribution < 1.29 is 18.8 Å². The van der Waals surface area contributed by atoms with E-state index in [1.165, 1.54) is 5.56 Å². The summed E-state index contributed by atoms with van der Waals surface area (Å²) >= 11 is 0. The van der Waals surface area contributed by atoms with Gasteiger partial charge >= 0.3 is 0 Å². The van der Waals surface area contributed by atoms with Gasteiger partial charge in [-0.1, -0.05) is 35.0 Å². The van der Waals surface area contributed by atoms with Gasteiger partial charge < -0.3 is 18.9 Å². The molecule has 1 aromatic heterocycles. The zero-order valence-electron chi connectivity index (χ0n) is 19.8. The van der Waals surface area contributed by atoms with E-state index in [1.807, 2.05) is 43.0 Å². The number of amides is 1. The van der Waals surface area contributed by atoms with Crippen LogP contribution in [0.1, 0.15) is 40.3 Å². The minimum Gasteiger partial charge on any atom is -0.496 e. The highest BCUT2D eigenvalue weighted by molar-refractivity contribution is 5.95. The Balaban J connectivity index is 1.41. The molecule has 2 heterocycles. The van der Waals surface area contributed by atoms with Crippen molar-refractivity contribution in [3.05, 3.63) is 59.0 Å². The second kappa shape index (κ2) is 9.62. The minimum atomic E-state index is -0.0338. The molecule has 1 aliphatic rings. The topological polar surface area (TPSA) is 80.9 Å². The van der Waals surface area contributed by atoms with Crippen LogP contribution in [-0.2, 0) is 0 Å². The van der Waals surface area contributed by atoms with Gasteiger partial charge in [0.15, 0.2) is 0 Å². The molecule has 1 amide bonds. The van der Waals surface area contributed by atoms with Crippen molar-refractivity contribution in [2.75, 3.05) is 40.4 Å². The Bertz CT molecular complexity index is 1090. The molecule has 0 radical (unpaired) electrons. The Kier molecular flexibility index (Phi) is 6.65. The third-order valence-corrected chi connectivity index (χ3v) is 6.26. The Morgan fingerprint density at radius 2 is 1.61 bits per heavy atom. The Hall–Kier alpha value is -3.39. The molecule has 3 aromatic rings. The maximum atomic E-state index is 13.1. The predicted molar refractivity (Wildman–Crippen MR) is 125 cm³/mol. The predicted octanol–water partition coefficient (Wildman–Crippen LogP) is 3.89. The number of hydrogen-bond acceptors (Lipinski definition) is 7. The lowest BCUT2D eigenvalue weighted by molar-refractivity contribution is 0.0551. The van der Waals surface area contributed by atoms with Crippen molar-refractivity contribution in [3.63, 3.8) is 0 Å². The first-order chi connectivity index (χ1) is 15.9. The summed E-state index contributed by atoms with van der Waals surface area (Å²) in [5.74, 6) is 2.43. The number of aryl methyl sites for hydroxylation is 1. The molecule has 0 saturated carbocycles. The second-order valence-corrected chi connectivity index (χ2v) is 8.33. The molecular weight excluding hydrogens is 420 g/mol. The van der Waals surface area contributed by atoms with Crippen LogP contribution in [0, 0.1) is 13.8 Å². The first-order valence-corrected chi connectivity index (χ1v) is 11.1. The normalized spacial score (nSPS) is 15.4. The van der Waals surface area contributed by atoms with E-state index in [1.54, 1.807) is 26.4 Å². The molecule has 1 saturated heterocycles. The highest BCUT2D eigenvalue weighted by Crippen LogP contribution is 2.30. The standard InChI is InChI=1S/C25H30N4O4/c1-16-6-8-19(9-7-16)23-26-24(33-27-23)18(3)28-10-12-29(13-11-28)25(30)20-14-21(31-4)17(2)22(15-20)32-5/h6-9,14-15,18H,10-13H2,1-5H3. The second-order valence-electron chi connectivity index (χ2n) is 8.33. The maximum absolute atomic E-state index is 13.1. The first-order valence-electron chi connectivity index (χ1n) is 11.1. The van der Waals surface area contributed by atoms with E-state index in [0.29, 0.717) is 41.9 Å². The van der Waals surface area contributed by atoms with Gasteiger partial charge in [0.25, 0.3) is 5.91 Å². The van der Waals surface area contributed by atoms with E-state index in [4.69, 9.17) is 14.0 Å². The summed E-state index contributed by atoms with van der Waals surface area (Å²) in [4.78, 5) is 21.9. The zero-order valence-corrected chi connectivity index (χ0v) is 19.8. The van der Waals surface area contributed by atoms with Crippen LogP contribution in [0.5, 0.6) is 11.5 Å². The Labute approximate surface area is 194 Å². The average Bonchev–Trinajstić information content (AvgIpc) is 3.34. The number of aromatic nitrogens is 2. The van der Waals surface area contributed by atoms with Gasteiger partial charge in [-0.3, -0.25) is 9.69 Å². The molecule has 1 aliphatic heterocycles. The van der Waals surface area contributed by atoms with E-state index in [0.717, 1.165) is 24.2 Å². The highest BCUT2D eigenvalue weighted by atomic mass is 16.5. The molecule has 0 bridgehead atoms. The zero-order chi connectivity index (χ0) is 23.5. The molecule has 33 heavy (non-hydrogen) atoms. The third-order valence-electron chi connectivity index (χ3n) is 6.26. The van der Waals surface area contributed by atoms with Gasteiger partial charge in [0.2, 0.25) is 11.7 Å². The Morgan fingerprint density at radius 3 is 2.18 bits per heavy atom. The molecule has 1 unspecified atom stereocenters. The molecule has 1 fully saturated rings. The van der Waals surface area contributed by atoms with Gasteiger partial charge in [-0.2, -0.15) is 4.98 Å². The van der Waals surface area contributed by atoms with E-state index < -0.39 is 0 Å². The summed E-state index contributed by atoms with van der Waals surface area (Å²) < 4.78 is 16.4. The van der Waals surface area contributed by atoms with Gasteiger partial charge in [0, 0.05) is 42.9 Å². The van der Waals surface area contributed by atoms with Crippen molar-refractivity contribution in [2.24, 2.45) is 0 Å². The summed E-state index contributed by atoms with van der Waals surface area (Å²) in [5, 5.41) is 4.15. The van der Waals surface area contributed by atoms with Gasteiger partial charge in [0.1, 0.15) is 11.5 Å². The molecule has 1 atom stereocenters. The average molecular weight is 451 g/mol. The number of hydrogen-bond donors (Lipinski definition) is 0. The maximum Gasteiger partial charge on any atom is 0.254 e. The van der Waals surface area contributed by atoms with Crippen LogP contribution >= 0.6 is 0 Å². The summed E-state index contributed by atoms with van der Waals surface area (Å²) in [6.45, 7) is 8.67. The fraction of sp³-hybridized carbons (Fsp3) is 0.400. The lowest BCUT2D eigenvalue weighted by atomic mass is 10.1. The SMILES string of the molecule is COc1cc(C(=O)N2CCN(C(C)c3nc(-c4ccc(C)cc4)no3)CC2)cc(OC)c1C. The number of methoxy groups -OCH3 is 2. The van der Waals surface area contributed by atoms with Gasteiger partial charge in [-0.05, 0) is 32.9 Å². The van der Waals surface area contributed by atoms with E-state index in [-0.39, 0.29) is 11.9 Å². The fourth-order valence-corrected chi connectivity index (χ4v) is 4.09. The molecule has 0 N–H and O–H groups in total. The van der Waals surface area contributed by atoms with Crippen LogP contribution in [0.25, 0.3) is 11.4 Å². The molecule has 174 valence electrons. The molecular formula is C25H30N4O4. The Morgan fingerprint density at radius 1 is 1.00 bits per heavy atom. The van der Waals surface area contributed by atoms with Crippen molar-refractivity contribution in [2.45, 2.75) is 26.8 Å². The van der Waals surface area contributed by atoms with Gasteiger partial charge in [-0.15, -0.1) is 0 Å². The quantitative estimate of drug-likeness (QED) is 0.564. The summed E-state index contributed by atoms with van der Waals surface area (Å²) in [5.41, 5.74) is 3.56. The molecule has 8 heteroatoms. The number of carbonyl (C=O) groups is 1. The summed E-state index contributed by atoms with van der Waals surface area (Å²) in [6.07, 6.45) is 0. The van der Waals surface area contributed by atoms with Crippen molar-refractivity contribution >= 4 is 5.91 Å². The lowest BCUT2D eigenvalue weighted by Gasteiger charge is -2.36. The number of rotatable bonds is 6. The van der Waals surface area contributed by atoms with E-state index in [2.05, 4.69) is 22.0 Å². The smallest absolute Gasteiger partial charge is 0.254 e. The summed E-state index contributed by atoms with van der Waals surface area (Å²) in [7, 11) is 3.19. The number of ether oxygens (including phenoxy) is 2. The van der Waals surface area contributed by atoms with Crippen LogP contribution in [0.2, 0.25) is 0 Å². The minimum absolute atomic E-state index is 0.0293. The molecule has 8 nitrogen and oxygen atoms in total. The molecule has 0 aliphatic carbocycles. The van der Waals surface area contributed by atoms with Crippen molar-refractivity contribution in [3.8, 4) is 22.9 Å². The number of benzene rings is 2. The largest absolute Gasteiger partial charge is 0.496 e.